The van der Waals surface area contributed by atoms with Gasteiger partial charge in [0.25, 0.3) is 0 Å². The zero-order valence-corrected chi connectivity index (χ0v) is 15.4. The largest absolute Gasteiger partial charge is 0.388 e. The molecule has 144 valence electrons. The summed E-state index contributed by atoms with van der Waals surface area (Å²) in [7, 11) is 2.01. The Balaban J connectivity index is 1.42. The monoisotopic (exact) mass is 370 g/mol. The van der Waals surface area contributed by atoms with Gasteiger partial charge in [-0.3, -0.25) is 4.98 Å². The van der Waals surface area contributed by atoms with Crippen molar-refractivity contribution in [1.29, 1.82) is 0 Å². The van der Waals surface area contributed by atoms with Crippen molar-refractivity contribution in [3.63, 3.8) is 0 Å². The average molecular weight is 370 g/mol. The molecule has 1 fully saturated rings. The summed E-state index contributed by atoms with van der Waals surface area (Å²) < 4.78 is 5.71. The Morgan fingerprint density at radius 3 is 2.85 bits per heavy atom. The number of nitrogens with zero attached hydrogens (tertiary/aromatic N) is 2. The van der Waals surface area contributed by atoms with Gasteiger partial charge in [-0.25, -0.2) is 4.79 Å². The minimum atomic E-state index is -0.746. The smallest absolute Gasteiger partial charge is 0.319 e. The van der Waals surface area contributed by atoms with Crippen molar-refractivity contribution in [2.45, 2.75) is 24.7 Å². The summed E-state index contributed by atoms with van der Waals surface area (Å²) in [6.45, 7) is 1.77. The Bertz CT molecular complexity index is 714. The number of anilines is 1. The number of hydrogen-bond acceptors (Lipinski definition) is 5. The summed E-state index contributed by atoms with van der Waals surface area (Å²) in [6.07, 6.45) is 3.07. The first kappa shape index (κ1) is 19.3. The molecule has 0 saturated carbocycles. The number of likely N-dealkylation sites (N-methyl/N-ethyl adjacent to an activating group) is 1. The third kappa shape index (κ3) is 5.75. The van der Waals surface area contributed by atoms with Crippen LogP contribution in [0.5, 0.6) is 0 Å². The predicted octanol–water partition coefficient (Wildman–Crippen LogP) is 1.51. The molecule has 27 heavy (non-hydrogen) atoms. The molecule has 0 unspecified atom stereocenters. The molecule has 0 bridgehead atoms. The van der Waals surface area contributed by atoms with Crippen molar-refractivity contribution in [3.8, 4) is 0 Å². The van der Waals surface area contributed by atoms with E-state index in [2.05, 4.69) is 32.7 Å². The quantitative estimate of drug-likeness (QED) is 0.688. The Labute approximate surface area is 159 Å². The number of aliphatic hydroxyl groups excluding tert-OH is 1. The number of amides is 2. The minimum Gasteiger partial charge on any atom is -0.388 e. The topological polar surface area (TPSA) is 86.7 Å². The summed E-state index contributed by atoms with van der Waals surface area (Å²) in [4.78, 5) is 18.2. The molecule has 0 aliphatic carbocycles. The van der Waals surface area contributed by atoms with E-state index in [0.717, 1.165) is 13.0 Å². The van der Waals surface area contributed by atoms with E-state index in [1.807, 2.05) is 25.2 Å². The van der Waals surface area contributed by atoms with Crippen molar-refractivity contribution in [2.75, 3.05) is 32.1 Å². The van der Waals surface area contributed by atoms with Crippen LogP contribution in [0.25, 0.3) is 0 Å². The number of hydrogen-bond donors (Lipinski definition) is 3. The number of carbonyl (C=O) groups excluding carboxylic acids is 1. The van der Waals surface area contributed by atoms with Gasteiger partial charge in [0.05, 0.1) is 30.6 Å². The van der Waals surface area contributed by atoms with E-state index in [0.29, 0.717) is 18.8 Å². The normalized spacial score (nSPS) is 22.0. The van der Waals surface area contributed by atoms with Crippen molar-refractivity contribution >= 4 is 11.7 Å². The van der Waals surface area contributed by atoms with Crippen LogP contribution in [0.2, 0.25) is 0 Å². The molecule has 3 rings (SSSR count). The Morgan fingerprint density at radius 2 is 2.11 bits per heavy atom. The van der Waals surface area contributed by atoms with Crippen LogP contribution in [-0.2, 0) is 11.2 Å². The lowest BCUT2D eigenvalue weighted by molar-refractivity contribution is 0.0205. The second kappa shape index (κ2) is 9.45. The van der Waals surface area contributed by atoms with Crippen LogP contribution in [0.3, 0.4) is 0 Å². The maximum Gasteiger partial charge on any atom is 0.319 e. The Hall–Kier alpha value is -2.48. The number of benzene rings is 1. The molecule has 2 aromatic rings. The third-order valence-corrected chi connectivity index (χ3v) is 4.64. The van der Waals surface area contributed by atoms with Crippen molar-refractivity contribution in [3.05, 3.63) is 60.4 Å². The number of urea groups is 1. The van der Waals surface area contributed by atoms with Crippen LogP contribution in [0.4, 0.5) is 10.5 Å². The lowest BCUT2D eigenvalue weighted by Gasteiger charge is -2.24. The highest BCUT2D eigenvalue weighted by Crippen LogP contribution is 2.16. The molecular weight excluding hydrogens is 344 g/mol. The van der Waals surface area contributed by atoms with Crippen molar-refractivity contribution < 1.29 is 14.6 Å². The van der Waals surface area contributed by atoms with Gasteiger partial charge in [-0.15, -0.1) is 0 Å². The summed E-state index contributed by atoms with van der Waals surface area (Å²) in [5, 5.41) is 16.0. The number of pyridine rings is 1. The molecule has 2 amide bonds. The van der Waals surface area contributed by atoms with E-state index in [-0.39, 0.29) is 12.1 Å². The molecule has 1 aromatic heterocycles. The van der Waals surface area contributed by atoms with E-state index < -0.39 is 12.1 Å². The van der Waals surface area contributed by atoms with Crippen molar-refractivity contribution in [2.24, 2.45) is 0 Å². The molecule has 3 atom stereocenters. The first-order chi connectivity index (χ1) is 13.1. The minimum absolute atomic E-state index is 0.290. The van der Waals surface area contributed by atoms with Crippen LogP contribution in [0, 0.1) is 0 Å². The second-order valence-corrected chi connectivity index (χ2v) is 6.81. The lowest BCUT2D eigenvalue weighted by atomic mass is 10.1. The predicted molar refractivity (Wildman–Crippen MR) is 104 cm³/mol. The molecule has 1 aliphatic heterocycles. The van der Waals surface area contributed by atoms with Gasteiger partial charge in [0.15, 0.2) is 0 Å². The Kier molecular flexibility index (Phi) is 6.75. The average Bonchev–Trinajstić information content (AvgIpc) is 3.01. The van der Waals surface area contributed by atoms with Gasteiger partial charge in [-0.05, 0) is 31.2 Å². The number of nitrogens with one attached hydrogen (secondary N) is 2. The van der Waals surface area contributed by atoms with Crippen molar-refractivity contribution in [1.82, 2.24) is 15.2 Å². The number of carbonyl (C=O) groups is 1. The first-order valence-electron chi connectivity index (χ1n) is 9.11. The maximum absolute atomic E-state index is 12.1. The number of ether oxygens (including phenoxy) is 1. The zero-order valence-electron chi connectivity index (χ0n) is 15.4. The summed E-state index contributed by atoms with van der Waals surface area (Å²) in [5.74, 6) is 0. The molecule has 1 aliphatic rings. The standard InChI is InChI=1S/C20H26N4O3/c1-24(11-9-15-6-3-2-4-7-15)13-18-19(25)17(14-27-18)23-20(26)22-16-8-5-10-21-12-16/h2-8,10,12,17-19,25H,9,11,13-14H2,1H3,(H2,22,23,26)/t17-,18-,19+/m0/s1. The number of aliphatic hydroxyl groups is 1. The van der Waals surface area contributed by atoms with E-state index in [1.165, 1.54) is 5.56 Å². The molecule has 7 heteroatoms. The second-order valence-electron chi connectivity index (χ2n) is 6.81. The van der Waals surface area contributed by atoms with Crippen LogP contribution in [0.1, 0.15) is 5.56 Å². The summed E-state index contributed by atoms with van der Waals surface area (Å²) in [5.41, 5.74) is 1.88. The van der Waals surface area contributed by atoms with E-state index in [9.17, 15) is 9.90 Å². The molecular formula is C20H26N4O3. The highest BCUT2D eigenvalue weighted by molar-refractivity contribution is 5.89. The molecule has 0 radical (unpaired) electrons. The van der Waals surface area contributed by atoms with Gasteiger partial charge >= 0.3 is 6.03 Å². The van der Waals surface area contributed by atoms with E-state index >= 15 is 0 Å². The van der Waals surface area contributed by atoms with E-state index in [4.69, 9.17) is 4.74 Å². The van der Waals surface area contributed by atoms with Gasteiger partial charge in [0.2, 0.25) is 0 Å². The fourth-order valence-electron chi connectivity index (χ4n) is 3.11. The molecule has 3 N–H and O–H groups in total. The highest BCUT2D eigenvalue weighted by Gasteiger charge is 2.37. The third-order valence-electron chi connectivity index (χ3n) is 4.64. The molecule has 7 nitrogen and oxygen atoms in total. The van der Waals surface area contributed by atoms with Crippen LogP contribution in [-0.4, -0.2) is 66.0 Å². The molecule has 0 spiro atoms. The maximum atomic E-state index is 12.1. The highest BCUT2D eigenvalue weighted by atomic mass is 16.5. The first-order valence-corrected chi connectivity index (χ1v) is 9.11. The van der Waals surface area contributed by atoms with Gasteiger partial charge in [0, 0.05) is 19.3 Å². The zero-order chi connectivity index (χ0) is 19.1. The number of aromatic nitrogens is 1. The summed E-state index contributed by atoms with van der Waals surface area (Å²) >= 11 is 0. The van der Waals surface area contributed by atoms with E-state index in [1.54, 1.807) is 24.5 Å². The molecule has 2 heterocycles. The molecule has 1 saturated heterocycles. The van der Waals surface area contributed by atoms with Gasteiger partial charge in [0.1, 0.15) is 6.10 Å². The van der Waals surface area contributed by atoms with Crippen LogP contribution in [0.15, 0.2) is 54.9 Å². The summed E-state index contributed by atoms with van der Waals surface area (Å²) in [6, 6.07) is 13.0. The lowest BCUT2D eigenvalue weighted by Crippen LogP contribution is -2.47. The fraction of sp³-hybridized carbons (Fsp3) is 0.400. The van der Waals surface area contributed by atoms with Crippen LogP contribution >= 0.6 is 0 Å². The number of rotatable bonds is 7. The van der Waals surface area contributed by atoms with Gasteiger partial charge < -0.3 is 25.4 Å². The van der Waals surface area contributed by atoms with Gasteiger partial charge in [-0.1, -0.05) is 30.3 Å². The van der Waals surface area contributed by atoms with Gasteiger partial charge in [-0.2, -0.15) is 0 Å². The SMILES string of the molecule is CN(CCc1ccccc1)C[C@@H]1OC[C@H](NC(=O)Nc2cccnc2)[C@H]1O. The molecule has 1 aromatic carbocycles. The van der Waals surface area contributed by atoms with Crippen LogP contribution < -0.4 is 10.6 Å². The Morgan fingerprint density at radius 1 is 1.30 bits per heavy atom. The fourth-order valence-corrected chi connectivity index (χ4v) is 3.11.